The molecule has 0 unspecified atom stereocenters. The normalized spacial score (nSPS) is 22.2. The lowest BCUT2D eigenvalue weighted by molar-refractivity contribution is 0.0922. The molecular formula is C21H27N3O4. The molecule has 1 aromatic heterocycles. The van der Waals surface area contributed by atoms with Gasteiger partial charge in [-0.25, -0.2) is 0 Å². The number of carbonyl (C=O) groups is 1. The van der Waals surface area contributed by atoms with Crippen LogP contribution in [0.15, 0.2) is 28.8 Å². The predicted molar refractivity (Wildman–Crippen MR) is 104 cm³/mol. The first kappa shape index (κ1) is 18.8. The molecule has 1 aliphatic heterocycles. The van der Waals surface area contributed by atoms with Crippen molar-refractivity contribution in [3.05, 3.63) is 41.3 Å². The molecule has 7 heteroatoms. The van der Waals surface area contributed by atoms with Crippen LogP contribution >= 0.6 is 0 Å². The maximum Gasteiger partial charge on any atom is 0.273 e. The van der Waals surface area contributed by atoms with E-state index in [-0.39, 0.29) is 11.9 Å². The number of rotatable bonds is 7. The van der Waals surface area contributed by atoms with Crippen LogP contribution in [0.2, 0.25) is 0 Å². The number of hydrogen-bond acceptors (Lipinski definition) is 6. The van der Waals surface area contributed by atoms with Gasteiger partial charge in [0, 0.05) is 49.3 Å². The van der Waals surface area contributed by atoms with Crippen molar-refractivity contribution in [2.45, 2.75) is 38.3 Å². The molecule has 2 aliphatic rings. The Morgan fingerprint density at radius 1 is 1.25 bits per heavy atom. The van der Waals surface area contributed by atoms with Crippen molar-refractivity contribution in [1.29, 1.82) is 0 Å². The van der Waals surface area contributed by atoms with Gasteiger partial charge < -0.3 is 19.3 Å². The molecule has 1 N–H and O–H groups in total. The van der Waals surface area contributed by atoms with E-state index >= 15 is 0 Å². The number of nitrogens with one attached hydrogen (secondary N) is 1. The van der Waals surface area contributed by atoms with E-state index in [4.69, 9.17) is 14.0 Å². The number of carbonyl (C=O) groups excluding carboxylic acids is 1. The average molecular weight is 385 g/mol. The van der Waals surface area contributed by atoms with Gasteiger partial charge in [-0.2, -0.15) is 0 Å². The minimum absolute atomic E-state index is 0.0813. The van der Waals surface area contributed by atoms with E-state index in [9.17, 15) is 4.79 Å². The number of aromatic nitrogens is 1. The lowest BCUT2D eigenvalue weighted by atomic mass is 10.1. The quantitative estimate of drug-likeness (QED) is 0.790. The molecule has 2 aromatic rings. The van der Waals surface area contributed by atoms with Gasteiger partial charge in [-0.15, -0.1) is 0 Å². The van der Waals surface area contributed by atoms with Crippen LogP contribution in [0.25, 0.3) is 0 Å². The van der Waals surface area contributed by atoms with E-state index in [1.165, 1.54) is 0 Å². The van der Waals surface area contributed by atoms with Gasteiger partial charge in [-0.1, -0.05) is 18.1 Å². The number of amides is 1. The van der Waals surface area contributed by atoms with Crippen molar-refractivity contribution in [3.63, 3.8) is 0 Å². The maximum atomic E-state index is 12.6. The van der Waals surface area contributed by atoms with E-state index in [1.54, 1.807) is 20.3 Å². The molecule has 0 spiro atoms. The van der Waals surface area contributed by atoms with Gasteiger partial charge in [0.1, 0.15) is 17.3 Å². The summed E-state index contributed by atoms with van der Waals surface area (Å²) in [6, 6.07) is 7.74. The lowest BCUT2D eigenvalue weighted by Gasteiger charge is -2.18. The van der Waals surface area contributed by atoms with Crippen molar-refractivity contribution in [1.82, 2.24) is 15.4 Å². The summed E-state index contributed by atoms with van der Waals surface area (Å²) in [4.78, 5) is 14.9. The second-order valence-corrected chi connectivity index (χ2v) is 7.82. The van der Waals surface area contributed by atoms with Gasteiger partial charge in [0.25, 0.3) is 5.91 Å². The van der Waals surface area contributed by atoms with Gasteiger partial charge in [-0.05, 0) is 24.8 Å². The molecule has 1 saturated carbocycles. The van der Waals surface area contributed by atoms with E-state index in [1.807, 2.05) is 18.2 Å². The monoisotopic (exact) mass is 385 g/mol. The van der Waals surface area contributed by atoms with Crippen LogP contribution in [0.3, 0.4) is 0 Å². The topological polar surface area (TPSA) is 76.8 Å². The van der Waals surface area contributed by atoms with E-state index < -0.39 is 0 Å². The molecule has 1 aliphatic carbocycles. The minimum Gasteiger partial charge on any atom is -0.497 e. The van der Waals surface area contributed by atoms with Crippen LogP contribution in [-0.2, 0) is 6.54 Å². The predicted octanol–water partition coefficient (Wildman–Crippen LogP) is 2.82. The minimum atomic E-state index is -0.156. The van der Waals surface area contributed by atoms with Crippen LogP contribution in [0.5, 0.6) is 11.5 Å². The van der Waals surface area contributed by atoms with E-state index in [0.29, 0.717) is 17.5 Å². The maximum absolute atomic E-state index is 12.6. The zero-order chi connectivity index (χ0) is 19.7. The van der Waals surface area contributed by atoms with Crippen molar-refractivity contribution < 1.29 is 18.8 Å². The Hall–Kier alpha value is -2.54. The van der Waals surface area contributed by atoms with Gasteiger partial charge in [0.2, 0.25) is 0 Å². The number of ether oxygens (including phenoxy) is 2. The van der Waals surface area contributed by atoms with Crippen molar-refractivity contribution in [2.24, 2.45) is 5.92 Å². The number of nitrogens with zero attached hydrogens (tertiary/aromatic N) is 2. The Labute approximate surface area is 165 Å². The molecule has 7 nitrogen and oxygen atoms in total. The van der Waals surface area contributed by atoms with Gasteiger partial charge in [-0.3, -0.25) is 9.69 Å². The molecule has 4 rings (SSSR count). The summed E-state index contributed by atoms with van der Waals surface area (Å²) < 4.78 is 16.1. The molecule has 0 bridgehead atoms. The fraction of sp³-hybridized carbons (Fsp3) is 0.524. The van der Waals surface area contributed by atoms with Gasteiger partial charge in [0.15, 0.2) is 5.69 Å². The summed E-state index contributed by atoms with van der Waals surface area (Å²) >= 11 is 0. The van der Waals surface area contributed by atoms with Crippen molar-refractivity contribution in [2.75, 3.05) is 27.3 Å². The van der Waals surface area contributed by atoms with Crippen LogP contribution in [0.4, 0.5) is 0 Å². The second kappa shape index (κ2) is 7.83. The van der Waals surface area contributed by atoms with Crippen molar-refractivity contribution in [3.8, 4) is 11.5 Å². The van der Waals surface area contributed by atoms with E-state index in [0.717, 1.165) is 55.3 Å². The first-order chi connectivity index (χ1) is 13.6. The second-order valence-electron chi connectivity index (χ2n) is 7.82. The first-order valence-corrected chi connectivity index (χ1v) is 9.78. The van der Waals surface area contributed by atoms with Crippen molar-refractivity contribution >= 4 is 5.91 Å². The third-order valence-corrected chi connectivity index (χ3v) is 5.63. The highest BCUT2D eigenvalue weighted by atomic mass is 16.5. The fourth-order valence-corrected chi connectivity index (χ4v) is 3.81. The molecule has 28 heavy (non-hydrogen) atoms. The summed E-state index contributed by atoms with van der Waals surface area (Å²) in [5.41, 5.74) is 1.48. The third-order valence-electron chi connectivity index (χ3n) is 5.63. The average Bonchev–Trinajstić information content (AvgIpc) is 3.33. The Bertz CT molecular complexity index is 846. The number of likely N-dealkylation sites (tertiary alicyclic amines) is 1. The highest BCUT2D eigenvalue weighted by Crippen LogP contribution is 2.40. The summed E-state index contributed by atoms with van der Waals surface area (Å²) in [5, 5.41) is 7.07. The Morgan fingerprint density at radius 2 is 2.07 bits per heavy atom. The number of hydrogen-bond donors (Lipinski definition) is 1. The van der Waals surface area contributed by atoms with Crippen LogP contribution in [-0.4, -0.2) is 49.3 Å². The highest BCUT2D eigenvalue weighted by Gasteiger charge is 2.33. The summed E-state index contributed by atoms with van der Waals surface area (Å²) in [5.74, 6) is 3.07. The van der Waals surface area contributed by atoms with Crippen LogP contribution in [0.1, 0.15) is 47.5 Å². The fourth-order valence-electron chi connectivity index (χ4n) is 3.81. The SMILES string of the molecule is COc1ccc(CN2C[C@@H](C)[C@@H](NC(=O)c3cc(C4CC4)on3)C2)c(OC)c1. The Morgan fingerprint density at radius 3 is 2.79 bits per heavy atom. The summed E-state index contributed by atoms with van der Waals surface area (Å²) in [6.07, 6.45) is 2.25. The highest BCUT2D eigenvalue weighted by molar-refractivity contribution is 5.92. The molecule has 2 heterocycles. The molecule has 1 aromatic carbocycles. The molecule has 150 valence electrons. The Kier molecular flexibility index (Phi) is 5.26. The van der Waals surface area contributed by atoms with E-state index in [2.05, 4.69) is 22.3 Å². The molecule has 0 radical (unpaired) electrons. The number of methoxy groups -OCH3 is 2. The lowest BCUT2D eigenvalue weighted by Crippen LogP contribution is -2.40. The Balaban J connectivity index is 1.37. The third kappa shape index (κ3) is 3.99. The largest absolute Gasteiger partial charge is 0.497 e. The smallest absolute Gasteiger partial charge is 0.273 e. The van der Waals surface area contributed by atoms with Gasteiger partial charge >= 0.3 is 0 Å². The molecule has 2 atom stereocenters. The number of benzene rings is 1. The molecule has 1 amide bonds. The molecular weight excluding hydrogens is 358 g/mol. The van der Waals surface area contributed by atoms with Crippen LogP contribution < -0.4 is 14.8 Å². The summed E-state index contributed by atoms with van der Waals surface area (Å²) in [6.45, 7) is 4.62. The molecule has 2 fully saturated rings. The van der Waals surface area contributed by atoms with Gasteiger partial charge in [0.05, 0.1) is 14.2 Å². The zero-order valence-electron chi connectivity index (χ0n) is 16.6. The van der Waals surface area contributed by atoms with Crippen LogP contribution in [0, 0.1) is 5.92 Å². The standard InChI is InChI=1S/C21H27N3O4/c1-13-10-24(11-15-6-7-16(26-2)8-19(15)27-3)12-18(13)22-21(25)17-9-20(28-23-17)14-4-5-14/h6-9,13-14,18H,4-5,10-12H2,1-3H3,(H,22,25)/t13-,18+/m1/s1. The summed E-state index contributed by atoms with van der Waals surface area (Å²) in [7, 11) is 3.31. The first-order valence-electron chi connectivity index (χ1n) is 9.78. The molecule has 1 saturated heterocycles. The zero-order valence-corrected chi connectivity index (χ0v) is 16.6.